The Hall–Kier alpha value is -4.92. The van der Waals surface area contributed by atoms with E-state index in [4.69, 9.17) is 14.2 Å². The second kappa shape index (κ2) is 13.6. The Labute approximate surface area is 224 Å². The van der Waals surface area contributed by atoms with Gasteiger partial charge in [-0.2, -0.15) is 0 Å². The highest BCUT2D eigenvalue weighted by Gasteiger charge is 2.37. The van der Waals surface area contributed by atoms with Crippen LogP contribution in [-0.2, 0) is 28.6 Å². The largest absolute Gasteiger partial charge is 0.459 e. The Kier molecular flexibility index (Phi) is 9.97. The van der Waals surface area contributed by atoms with Crippen molar-refractivity contribution in [2.24, 2.45) is 5.41 Å². The van der Waals surface area contributed by atoms with Crippen LogP contribution in [0.25, 0.3) is 0 Å². The standard InChI is InChI=1S/C30H26O9/c1-2-30(18-37-27(34)24(31)21-12-6-3-7-13-21,19-38-28(35)25(32)22-14-8-4-9-15-22)20-39-29(36)26(33)23-16-10-5-11-17-23/h3-17H,2,18-20H2,1H3. The van der Waals surface area contributed by atoms with E-state index in [1.54, 1.807) is 61.5 Å². The number of hydrogen-bond donors (Lipinski definition) is 0. The quantitative estimate of drug-likeness (QED) is 0.141. The third-order valence-electron chi connectivity index (χ3n) is 5.94. The van der Waals surface area contributed by atoms with Crippen LogP contribution in [0.15, 0.2) is 91.0 Å². The van der Waals surface area contributed by atoms with Crippen molar-refractivity contribution in [1.29, 1.82) is 0 Å². The van der Waals surface area contributed by atoms with Gasteiger partial charge in [0.25, 0.3) is 17.3 Å². The van der Waals surface area contributed by atoms with E-state index in [0.717, 1.165) is 0 Å². The molecule has 0 N–H and O–H groups in total. The molecule has 3 aromatic carbocycles. The van der Waals surface area contributed by atoms with Gasteiger partial charge in [0.2, 0.25) is 0 Å². The van der Waals surface area contributed by atoms with Crippen LogP contribution in [0.2, 0.25) is 0 Å². The van der Waals surface area contributed by atoms with Gasteiger partial charge in [-0.15, -0.1) is 0 Å². The molecule has 39 heavy (non-hydrogen) atoms. The molecule has 9 nitrogen and oxygen atoms in total. The van der Waals surface area contributed by atoms with E-state index in [1.807, 2.05) is 0 Å². The predicted octanol–water partition coefficient (Wildman–Crippen LogP) is 3.66. The lowest BCUT2D eigenvalue weighted by molar-refractivity contribution is -0.156. The van der Waals surface area contributed by atoms with Crippen LogP contribution < -0.4 is 0 Å². The normalized spacial score (nSPS) is 10.7. The first-order valence-electron chi connectivity index (χ1n) is 12.1. The molecule has 0 aliphatic rings. The summed E-state index contributed by atoms with van der Waals surface area (Å²) in [6.45, 7) is 0.147. The Morgan fingerprint density at radius 1 is 0.487 bits per heavy atom. The van der Waals surface area contributed by atoms with Gasteiger partial charge in [-0.05, 0) is 6.42 Å². The third kappa shape index (κ3) is 7.78. The van der Waals surface area contributed by atoms with Gasteiger partial charge in [0.15, 0.2) is 0 Å². The first-order valence-corrected chi connectivity index (χ1v) is 12.1. The molecule has 9 heteroatoms. The fraction of sp³-hybridized carbons (Fsp3) is 0.200. The van der Waals surface area contributed by atoms with Crippen LogP contribution >= 0.6 is 0 Å². The van der Waals surface area contributed by atoms with Gasteiger partial charge in [0.1, 0.15) is 19.8 Å². The molecule has 3 aromatic rings. The maximum absolute atomic E-state index is 12.5. The number of esters is 3. The molecule has 0 saturated carbocycles. The number of carbonyl (C=O) groups is 6. The smallest absolute Gasteiger partial charge is 0.379 e. The van der Waals surface area contributed by atoms with Crippen LogP contribution in [-0.4, -0.2) is 55.1 Å². The maximum atomic E-state index is 12.5. The summed E-state index contributed by atoms with van der Waals surface area (Å²) in [7, 11) is 0. The SMILES string of the molecule is CCC(COC(=O)C(=O)c1ccccc1)(COC(=O)C(=O)c1ccccc1)COC(=O)C(=O)c1ccccc1. The van der Waals surface area contributed by atoms with E-state index in [2.05, 4.69) is 0 Å². The summed E-state index contributed by atoms with van der Waals surface area (Å²) in [5.41, 5.74) is -1.01. The molecule has 0 heterocycles. The Morgan fingerprint density at radius 3 is 0.974 bits per heavy atom. The van der Waals surface area contributed by atoms with Crippen molar-refractivity contribution in [3.63, 3.8) is 0 Å². The second-order valence-corrected chi connectivity index (χ2v) is 8.67. The van der Waals surface area contributed by atoms with E-state index in [-0.39, 0.29) is 23.1 Å². The van der Waals surface area contributed by atoms with E-state index in [1.165, 1.54) is 36.4 Å². The third-order valence-corrected chi connectivity index (χ3v) is 5.94. The maximum Gasteiger partial charge on any atom is 0.379 e. The molecule has 0 fully saturated rings. The Bertz CT molecular complexity index is 1170. The fourth-order valence-corrected chi connectivity index (χ4v) is 3.41. The first kappa shape index (κ1) is 28.6. The van der Waals surface area contributed by atoms with Gasteiger partial charge in [0, 0.05) is 16.7 Å². The van der Waals surface area contributed by atoms with Crippen molar-refractivity contribution in [3.8, 4) is 0 Å². The summed E-state index contributed by atoms with van der Waals surface area (Å²) in [6.07, 6.45) is 0.124. The average Bonchev–Trinajstić information content (AvgIpc) is 3.00. The molecule has 0 saturated heterocycles. The van der Waals surface area contributed by atoms with E-state index in [0.29, 0.717) is 0 Å². The zero-order valence-corrected chi connectivity index (χ0v) is 21.2. The molecule has 0 aromatic heterocycles. The zero-order chi connectivity index (χ0) is 28.3. The van der Waals surface area contributed by atoms with Gasteiger partial charge in [-0.3, -0.25) is 14.4 Å². The lowest BCUT2D eigenvalue weighted by atomic mass is 9.88. The Morgan fingerprint density at radius 2 is 0.744 bits per heavy atom. The van der Waals surface area contributed by atoms with Gasteiger partial charge >= 0.3 is 17.9 Å². The van der Waals surface area contributed by atoms with E-state index in [9.17, 15) is 28.8 Å². The molecule has 0 bridgehead atoms. The van der Waals surface area contributed by atoms with Gasteiger partial charge < -0.3 is 14.2 Å². The number of carbonyl (C=O) groups excluding carboxylic acids is 6. The van der Waals surface area contributed by atoms with Crippen molar-refractivity contribution in [1.82, 2.24) is 0 Å². The predicted molar refractivity (Wildman–Crippen MR) is 138 cm³/mol. The molecule has 0 aliphatic carbocycles. The van der Waals surface area contributed by atoms with E-state index >= 15 is 0 Å². The monoisotopic (exact) mass is 530 g/mol. The molecular weight excluding hydrogens is 504 g/mol. The lowest BCUT2D eigenvalue weighted by Gasteiger charge is -2.30. The van der Waals surface area contributed by atoms with Crippen molar-refractivity contribution < 1.29 is 43.0 Å². The molecule has 0 unspecified atom stereocenters. The van der Waals surface area contributed by atoms with Crippen molar-refractivity contribution in [3.05, 3.63) is 108 Å². The highest BCUT2D eigenvalue weighted by atomic mass is 16.6. The summed E-state index contributed by atoms with van der Waals surface area (Å²) in [6, 6.07) is 23.3. The highest BCUT2D eigenvalue weighted by Crippen LogP contribution is 2.25. The van der Waals surface area contributed by atoms with E-state index < -0.39 is 60.5 Å². The first-order chi connectivity index (χ1) is 18.8. The van der Waals surface area contributed by atoms with Crippen molar-refractivity contribution >= 4 is 35.3 Å². The minimum absolute atomic E-state index is 0.115. The zero-order valence-electron chi connectivity index (χ0n) is 21.2. The van der Waals surface area contributed by atoms with Crippen molar-refractivity contribution in [2.75, 3.05) is 19.8 Å². The topological polar surface area (TPSA) is 130 Å². The van der Waals surface area contributed by atoms with Crippen LogP contribution in [0, 0.1) is 5.41 Å². The molecule has 0 atom stereocenters. The molecule has 0 radical (unpaired) electrons. The summed E-state index contributed by atoms with van der Waals surface area (Å²) < 4.78 is 15.7. The molecular formula is C30H26O9. The minimum Gasteiger partial charge on any atom is -0.459 e. The van der Waals surface area contributed by atoms with Gasteiger partial charge in [-0.25, -0.2) is 14.4 Å². The number of hydrogen-bond acceptors (Lipinski definition) is 9. The van der Waals surface area contributed by atoms with Crippen LogP contribution in [0.5, 0.6) is 0 Å². The fourth-order valence-electron chi connectivity index (χ4n) is 3.41. The summed E-state index contributed by atoms with van der Waals surface area (Å²) >= 11 is 0. The number of benzene rings is 3. The Balaban J connectivity index is 1.73. The van der Waals surface area contributed by atoms with Crippen LogP contribution in [0.3, 0.4) is 0 Å². The number of Topliss-reactive ketones (excluding diaryl/α,β-unsaturated/α-hetero) is 3. The average molecular weight is 531 g/mol. The summed E-state index contributed by atoms with van der Waals surface area (Å²) in [5.74, 6) is -6.19. The summed E-state index contributed by atoms with van der Waals surface area (Å²) in [4.78, 5) is 74.7. The highest BCUT2D eigenvalue weighted by molar-refractivity contribution is 6.41. The molecule has 0 spiro atoms. The minimum atomic E-state index is -1.36. The molecule has 0 aliphatic heterocycles. The van der Waals surface area contributed by atoms with Crippen LogP contribution in [0.1, 0.15) is 44.4 Å². The molecule has 3 rings (SSSR count). The lowest BCUT2D eigenvalue weighted by Crippen LogP contribution is -2.41. The second-order valence-electron chi connectivity index (χ2n) is 8.67. The number of ether oxygens (including phenoxy) is 3. The number of ketones is 3. The van der Waals surface area contributed by atoms with Crippen molar-refractivity contribution in [2.45, 2.75) is 13.3 Å². The molecule has 0 amide bonds. The summed E-state index contributed by atoms with van der Waals surface area (Å²) in [5, 5.41) is 0. The van der Waals surface area contributed by atoms with Gasteiger partial charge in [-0.1, -0.05) is 97.9 Å². The van der Waals surface area contributed by atoms with Crippen LogP contribution in [0.4, 0.5) is 0 Å². The molecule has 200 valence electrons. The van der Waals surface area contributed by atoms with Gasteiger partial charge in [0.05, 0.1) is 5.41 Å². The number of rotatable bonds is 13.